The molecule has 2 unspecified atom stereocenters. The molecule has 0 bridgehead atoms. The van der Waals surface area contributed by atoms with E-state index in [9.17, 15) is 13.2 Å². The van der Waals surface area contributed by atoms with E-state index < -0.39 is 26.9 Å². The monoisotopic (exact) mass is 309 g/mol. The first-order valence-electron chi connectivity index (χ1n) is 6.27. The summed E-state index contributed by atoms with van der Waals surface area (Å²) in [5.41, 5.74) is -0.559. The van der Waals surface area contributed by atoms with Crippen molar-refractivity contribution in [1.82, 2.24) is 4.90 Å². The molecule has 0 aliphatic carbocycles. The Kier molecular flexibility index (Phi) is 5.31. The highest BCUT2D eigenvalue weighted by atomic mass is 32.2. The topological polar surface area (TPSA) is 63.7 Å². The van der Waals surface area contributed by atoms with Crippen LogP contribution in [0.2, 0.25) is 0 Å². The number of carbonyl (C=O) groups excluding carboxylic acids is 1. The molecule has 1 rings (SSSR count). The van der Waals surface area contributed by atoms with Gasteiger partial charge in [-0.15, -0.1) is 0 Å². The third-order valence-corrected chi connectivity index (χ3v) is 5.52. The van der Waals surface area contributed by atoms with Crippen molar-refractivity contribution in [3.05, 3.63) is 0 Å². The highest BCUT2D eigenvalue weighted by Gasteiger charge is 2.37. The summed E-state index contributed by atoms with van der Waals surface area (Å²) in [7, 11) is -3.20. The molecule has 1 saturated heterocycles. The zero-order chi connectivity index (χ0) is 14.8. The van der Waals surface area contributed by atoms with Gasteiger partial charge in [-0.05, 0) is 27.7 Å². The number of thioether (sulfide) groups is 1. The first-order valence-corrected chi connectivity index (χ1v) is 9.38. The van der Waals surface area contributed by atoms with Gasteiger partial charge < -0.3 is 4.74 Å². The third kappa shape index (κ3) is 4.96. The second kappa shape index (κ2) is 6.01. The van der Waals surface area contributed by atoms with Crippen LogP contribution < -0.4 is 0 Å². The van der Waals surface area contributed by atoms with E-state index in [0.717, 1.165) is 5.75 Å². The van der Waals surface area contributed by atoms with Gasteiger partial charge in [0, 0.05) is 24.3 Å². The van der Waals surface area contributed by atoms with Crippen molar-refractivity contribution < 1.29 is 17.9 Å². The lowest BCUT2D eigenvalue weighted by Gasteiger charge is -2.37. The fourth-order valence-corrected chi connectivity index (χ4v) is 4.89. The average molecular weight is 309 g/mol. The standard InChI is InChI=1S/C12H23NO4S2/c1-9(11(14)17-12(2,3)4)13-6-7-18-8-10(13)19(5,15)16/h9-10H,6-8H2,1-5H3. The van der Waals surface area contributed by atoms with E-state index in [2.05, 4.69) is 0 Å². The van der Waals surface area contributed by atoms with Crippen molar-refractivity contribution >= 4 is 27.6 Å². The summed E-state index contributed by atoms with van der Waals surface area (Å²) in [4.78, 5) is 13.8. The van der Waals surface area contributed by atoms with Gasteiger partial charge in [0.1, 0.15) is 17.0 Å². The zero-order valence-corrected chi connectivity index (χ0v) is 13.8. The van der Waals surface area contributed by atoms with E-state index in [1.165, 1.54) is 6.26 Å². The van der Waals surface area contributed by atoms with Crippen LogP contribution in [0.5, 0.6) is 0 Å². The van der Waals surface area contributed by atoms with E-state index >= 15 is 0 Å². The smallest absolute Gasteiger partial charge is 0.323 e. The molecule has 112 valence electrons. The van der Waals surface area contributed by atoms with Crippen molar-refractivity contribution in [2.45, 2.75) is 44.7 Å². The van der Waals surface area contributed by atoms with Crippen LogP contribution >= 0.6 is 11.8 Å². The Morgan fingerprint density at radius 3 is 2.47 bits per heavy atom. The van der Waals surface area contributed by atoms with Gasteiger partial charge in [-0.3, -0.25) is 9.69 Å². The predicted octanol–water partition coefficient (Wildman–Crippen LogP) is 1.14. The number of esters is 1. The molecule has 0 aromatic rings. The minimum absolute atomic E-state index is 0.368. The maximum atomic E-state index is 12.1. The fourth-order valence-electron chi connectivity index (χ4n) is 1.93. The van der Waals surface area contributed by atoms with Gasteiger partial charge >= 0.3 is 5.97 Å². The first-order chi connectivity index (χ1) is 8.52. The fraction of sp³-hybridized carbons (Fsp3) is 0.917. The average Bonchev–Trinajstić information content (AvgIpc) is 2.24. The lowest BCUT2D eigenvalue weighted by atomic mass is 10.2. The van der Waals surface area contributed by atoms with Crippen LogP contribution in [0.1, 0.15) is 27.7 Å². The van der Waals surface area contributed by atoms with Gasteiger partial charge in [0.25, 0.3) is 0 Å². The molecular weight excluding hydrogens is 286 g/mol. The van der Waals surface area contributed by atoms with Crippen molar-refractivity contribution in [1.29, 1.82) is 0 Å². The van der Waals surface area contributed by atoms with E-state index in [4.69, 9.17) is 4.74 Å². The molecule has 0 radical (unpaired) electrons. The Labute approximate surface area is 120 Å². The summed E-state index contributed by atoms with van der Waals surface area (Å²) in [6.45, 7) is 7.71. The second-order valence-electron chi connectivity index (χ2n) is 5.81. The molecule has 0 N–H and O–H groups in total. The third-order valence-electron chi connectivity index (χ3n) is 2.86. The van der Waals surface area contributed by atoms with Crippen molar-refractivity contribution in [3.8, 4) is 0 Å². The lowest BCUT2D eigenvalue weighted by Crippen LogP contribution is -2.54. The first kappa shape index (κ1) is 16.8. The molecule has 0 spiro atoms. The van der Waals surface area contributed by atoms with Crippen LogP contribution in [0, 0.1) is 0 Å². The van der Waals surface area contributed by atoms with Crippen LogP contribution in [-0.2, 0) is 19.4 Å². The predicted molar refractivity (Wildman–Crippen MR) is 78.0 cm³/mol. The van der Waals surface area contributed by atoms with Gasteiger partial charge in [0.15, 0.2) is 9.84 Å². The van der Waals surface area contributed by atoms with Crippen LogP contribution in [0.4, 0.5) is 0 Å². The zero-order valence-electron chi connectivity index (χ0n) is 12.2. The molecule has 1 aliphatic heterocycles. The summed E-state index contributed by atoms with van der Waals surface area (Å²) in [5.74, 6) is 0.971. The molecule has 7 heteroatoms. The molecular formula is C12H23NO4S2. The number of hydrogen-bond donors (Lipinski definition) is 0. The Morgan fingerprint density at radius 2 is 2.00 bits per heavy atom. The number of sulfone groups is 1. The maximum Gasteiger partial charge on any atom is 0.323 e. The van der Waals surface area contributed by atoms with E-state index in [-0.39, 0.29) is 5.97 Å². The molecule has 1 aliphatic rings. The Hall–Kier alpha value is -0.270. The van der Waals surface area contributed by atoms with Gasteiger partial charge in [0.05, 0.1) is 0 Å². The number of hydrogen-bond acceptors (Lipinski definition) is 6. The number of nitrogens with zero attached hydrogens (tertiary/aromatic N) is 1. The van der Waals surface area contributed by atoms with Crippen molar-refractivity contribution in [2.75, 3.05) is 24.3 Å². The van der Waals surface area contributed by atoms with Crippen molar-refractivity contribution in [2.24, 2.45) is 0 Å². The van der Waals surface area contributed by atoms with Gasteiger partial charge in [0.2, 0.25) is 0 Å². The molecule has 2 atom stereocenters. The summed E-state index contributed by atoms with van der Waals surface area (Å²) >= 11 is 1.60. The molecule has 0 amide bonds. The Balaban J connectivity index is 2.83. The summed E-state index contributed by atoms with van der Waals surface area (Å²) in [5, 5.41) is -0.603. The highest BCUT2D eigenvalue weighted by molar-refractivity contribution is 8.00. The lowest BCUT2D eigenvalue weighted by molar-refractivity contribution is -0.160. The molecule has 19 heavy (non-hydrogen) atoms. The molecule has 0 aromatic heterocycles. The summed E-state index contributed by atoms with van der Waals surface area (Å²) < 4.78 is 28.9. The van der Waals surface area contributed by atoms with Crippen LogP contribution in [0.15, 0.2) is 0 Å². The van der Waals surface area contributed by atoms with Crippen LogP contribution in [0.25, 0.3) is 0 Å². The van der Waals surface area contributed by atoms with Crippen LogP contribution in [0.3, 0.4) is 0 Å². The van der Waals surface area contributed by atoms with E-state index in [1.807, 2.05) is 0 Å². The maximum absolute atomic E-state index is 12.1. The molecule has 0 saturated carbocycles. The molecule has 1 heterocycles. The molecule has 1 fully saturated rings. The Morgan fingerprint density at radius 1 is 1.42 bits per heavy atom. The van der Waals surface area contributed by atoms with Gasteiger partial charge in [-0.1, -0.05) is 0 Å². The summed E-state index contributed by atoms with van der Waals surface area (Å²) in [6, 6.07) is -0.542. The van der Waals surface area contributed by atoms with E-state index in [1.54, 1.807) is 44.4 Å². The van der Waals surface area contributed by atoms with Gasteiger partial charge in [-0.25, -0.2) is 8.42 Å². The Bertz CT molecular complexity index is 428. The number of rotatable bonds is 3. The molecule has 5 nitrogen and oxygen atoms in total. The van der Waals surface area contributed by atoms with Crippen LogP contribution in [-0.4, -0.2) is 60.6 Å². The number of ether oxygens (including phenoxy) is 1. The SMILES string of the molecule is CC(C(=O)OC(C)(C)C)N1CCSCC1S(C)(=O)=O. The normalized spacial score (nSPS) is 23.9. The molecule has 0 aromatic carbocycles. The summed E-state index contributed by atoms with van der Waals surface area (Å²) in [6.07, 6.45) is 1.22. The largest absolute Gasteiger partial charge is 0.459 e. The van der Waals surface area contributed by atoms with Crippen molar-refractivity contribution in [3.63, 3.8) is 0 Å². The number of carbonyl (C=O) groups is 1. The quantitative estimate of drug-likeness (QED) is 0.728. The van der Waals surface area contributed by atoms with Gasteiger partial charge in [-0.2, -0.15) is 11.8 Å². The highest BCUT2D eigenvalue weighted by Crippen LogP contribution is 2.23. The van der Waals surface area contributed by atoms with E-state index in [0.29, 0.717) is 12.3 Å². The minimum Gasteiger partial charge on any atom is -0.459 e. The second-order valence-corrected chi connectivity index (χ2v) is 9.16. The minimum atomic E-state index is -3.20.